The lowest BCUT2D eigenvalue weighted by Crippen LogP contribution is -2.43. The van der Waals surface area contributed by atoms with Crippen LogP contribution >= 0.6 is 0 Å². The predicted molar refractivity (Wildman–Crippen MR) is 86.1 cm³/mol. The van der Waals surface area contributed by atoms with Crippen molar-refractivity contribution in [2.45, 2.75) is 45.6 Å². The minimum atomic E-state index is -0.413. The van der Waals surface area contributed by atoms with Gasteiger partial charge in [0.25, 0.3) is 0 Å². The zero-order valence-electron chi connectivity index (χ0n) is 13.4. The van der Waals surface area contributed by atoms with Crippen LogP contribution in [0.1, 0.15) is 48.5 Å². The first-order valence-corrected chi connectivity index (χ1v) is 7.77. The van der Waals surface area contributed by atoms with E-state index in [-0.39, 0.29) is 12.1 Å². The number of carbonyl (C=O) groups is 2. The van der Waals surface area contributed by atoms with Crippen LogP contribution in [0.3, 0.4) is 0 Å². The zero-order valence-corrected chi connectivity index (χ0v) is 13.4. The molecule has 2 unspecified atom stereocenters. The molecule has 0 radical (unpaired) electrons. The number of esters is 1. The van der Waals surface area contributed by atoms with Gasteiger partial charge in [-0.25, -0.2) is 9.59 Å². The molecule has 1 aliphatic rings. The van der Waals surface area contributed by atoms with E-state index in [1.807, 2.05) is 6.92 Å². The van der Waals surface area contributed by atoms with Crippen molar-refractivity contribution in [3.05, 3.63) is 29.3 Å². The van der Waals surface area contributed by atoms with Gasteiger partial charge in [0.15, 0.2) is 0 Å². The summed E-state index contributed by atoms with van der Waals surface area (Å²) in [4.78, 5) is 23.8. The molecular weight excluding hydrogens is 280 g/mol. The fraction of sp³-hybridized carbons (Fsp3) is 0.529. The van der Waals surface area contributed by atoms with Gasteiger partial charge in [-0.15, -0.1) is 0 Å². The van der Waals surface area contributed by atoms with Crippen LogP contribution in [0.25, 0.3) is 0 Å². The molecule has 0 spiro atoms. The summed E-state index contributed by atoms with van der Waals surface area (Å²) >= 11 is 0. The van der Waals surface area contributed by atoms with E-state index >= 15 is 0 Å². The minimum Gasteiger partial charge on any atom is -0.465 e. The number of methoxy groups -OCH3 is 1. The molecule has 2 N–H and O–H groups in total. The molecule has 0 bridgehead atoms. The maximum Gasteiger partial charge on any atom is 0.337 e. The Balaban J connectivity index is 2.03. The van der Waals surface area contributed by atoms with Gasteiger partial charge < -0.3 is 15.4 Å². The predicted octanol–water partition coefficient (Wildman–Crippen LogP) is 3.48. The molecular formula is C17H24N2O3. The SMILES string of the molecule is COC(=O)c1ccc(C)c(NC(=O)NC2CCCCC2C)c1. The van der Waals surface area contributed by atoms with E-state index in [9.17, 15) is 9.59 Å². The number of carbonyl (C=O) groups excluding carboxylic acids is 2. The van der Waals surface area contributed by atoms with Gasteiger partial charge in [-0.2, -0.15) is 0 Å². The van der Waals surface area contributed by atoms with Gasteiger partial charge in [0.1, 0.15) is 0 Å². The van der Waals surface area contributed by atoms with E-state index in [0.29, 0.717) is 17.2 Å². The van der Waals surface area contributed by atoms with E-state index < -0.39 is 5.97 Å². The number of amides is 2. The average Bonchev–Trinajstić information content (AvgIpc) is 2.51. The molecule has 0 aromatic heterocycles. The van der Waals surface area contributed by atoms with Crippen molar-refractivity contribution >= 4 is 17.7 Å². The molecule has 0 saturated heterocycles. The lowest BCUT2D eigenvalue weighted by molar-refractivity contribution is 0.0600. The van der Waals surface area contributed by atoms with Crippen molar-refractivity contribution in [2.24, 2.45) is 5.92 Å². The Bertz CT molecular complexity index is 557. The number of aryl methyl sites for hydroxylation is 1. The molecule has 1 saturated carbocycles. The third kappa shape index (κ3) is 4.00. The number of anilines is 1. The van der Waals surface area contributed by atoms with E-state index in [2.05, 4.69) is 17.6 Å². The minimum absolute atomic E-state index is 0.219. The molecule has 5 nitrogen and oxygen atoms in total. The molecule has 0 aliphatic heterocycles. The number of hydrogen-bond acceptors (Lipinski definition) is 3. The molecule has 5 heteroatoms. The Kier molecular flexibility index (Phi) is 5.41. The Morgan fingerprint density at radius 1 is 1.23 bits per heavy atom. The quantitative estimate of drug-likeness (QED) is 0.840. The molecule has 1 aromatic carbocycles. The van der Waals surface area contributed by atoms with Crippen molar-refractivity contribution in [1.29, 1.82) is 0 Å². The number of benzene rings is 1. The van der Waals surface area contributed by atoms with Gasteiger partial charge in [0, 0.05) is 11.7 Å². The highest BCUT2D eigenvalue weighted by Gasteiger charge is 2.23. The largest absolute Gasteiger partial charge is 0.465 e. The summed E-state index contributed by atoms with van der Waals surface area (Å²) in [6.07, 6.45) is 4.57. The third-order valence-corrected chi connectivity index (χ3v) is 4.33. The number of urea groups is 1. The molecule has 1 aliphatic carbocycles. The molecule has 2 rings (SSSR count). The molecule has 1 fully saturated rings. The molecule has 22 heavy (non-hydrogen) atoms. The van der Waals surface area contributed by atoms with Crippen molar-refractivity contribution < 1.29 is 14.3 Å². The Hall–Kier alpha value is -2.04. The first kappa shape index (κ1) is 16.3. The van der Waals surface area contributed by atoms with Crippen LogP contribution in [0.15, 0.2) is 18.2 Å². The topological polar surface area (TPSA) is 67.4 Å². The molecule has 2 atom stereocenters. The summed E-state index contributed by atoms with van der Waals surface area (Å²) in [5, 5.41) is 5.88. The maximum atomic E-state index is 12.2. The standard InChI is InChI=1S/C17H24N2O3/c1-11-6-4-5-7-14(11)18-17(21)19-15-10-13(16(20)22-3)9-8-12(15)2/h8-11,14H,4-7H2,1-3H3,(H2,18,19,21). The van der Waals surface area contributed by atoms with Gasteiger partial charge in [-0.05, 0) is 43.4 Å². The van der Waals surface area contributed by atoms with Crippen molar-refractivity contribution in [3.8, 4) is 0 Å². The van der Waals surface area contributed by atoms with Crippen LogP contribution in [0.2, 0.25) is 0 Å². The Morgan fingerprint density at radius 2 is 1.95 bits per heavy atom. The van der Waals surface area contributed by atoms with Crippen LogP contribution in [0, 0.1) is 12.8 Å². The van der Waals surface area contributed by atoms with E-state index in [1.165, 1.54) is 13.5 Å². The monoisotopic (exact) mass is 304 g/mol. The van der Waals surface area contributed by atoms with Crippen LogP contribution < -0.4 is 10.6 Å². The molecule has 1 aromatic rings. The van der Waals surface area contributed by atoms with Crippen LogP contribution in [-0.4, -0.2) is 25.2 Å². The smallest absolute Gasteiger partial charge is 0.337 e. The highest BCUT2D eigenvalue weighted by atomic mass is 16.5. The van der Waals surface area contributed by atoms with Crippen molar-refractivity contribution in [1.82, 2.24) is 5.32 Å². The summed E-state index contributed by atoms with van der Waals surface area (Å²) in [6.45, 7) is 4.06. The second-order valence-electron chi connectivity index (χ2n) is 5.99. The number of ether oxygens (including phenoxy) is 1. The first-order chi connectivity index (χ1) is 10.5. The summed E-state index contributed by atoms with van der Waals surface area (Å²) < 4.78 is 4.70. The highest BCUT2D eigenvalue weighted by molar-refractivity contribution is 5.94. The van der Waals surface area contributed by atoms with Gasteiger partial charge in [-0.1, -0.05) is 25.8 Å². The number of nitrogens with one attached hydrogen (secondary N) is 2. The second-order valence-corrected chi connectivity index (χ2v) is 5.99. The second kappa shape index (κ2) is 7.29. The van der Waals surface area contributed by atoms with Crippen LogP contribution in [0.4, 0.5) is 10.5 Å². The summed E-state index contributed by atoms with van der Waals surface area (Å²) in [6, 6.07) is 5.13. The first-order valence-electron chi connectivity index (χ1n) is 7.77. The van der Waals surface area contributed by atoms with E-state index in [4.69, 9.17) is 4.74 Å². The average molecular weight is 304 g/mol. The van der Waals surface area contributed by atoms with E-state index in [1.54, 1.807) is 18.2 Å². The maximum absolute atomic E-state index is 12.2. The third-order valence-electron chi connectivity index (χ3n) is 4.33. The Labute approximate surface area is 131 Å². The van der Waals surface area contributed by atoms with Gasteiger partial charge in [-0.3, -0.25) is 0 Å². The normalized spacial score (nSPS) is 21.0. The molecule has 2 amide bonds. The van der Waals surface area contributed by atoms with Crippen LogP contribution in [0.5, 0.6) is 0 Å². The summed E-state index contributed by atoms with van der Waals surface area (Å²) in [7, 11) is 1.34. The van der Waals surface area contributed by atoms with Crippen molar-refractivity contribution in [2.75, 3.05) is 12.4 Å². The Morgan fingerprint density at radius 3 is 2.64 bits per heavy atom. The fourth-order valence-electron chi connectivity index (χ4n) is 2.86. The highest BCUT2D eigenvalue weighted by Crippen LogP contribution is 2.24. The van der Waals surface area contributed by atoms with Gasteiger partial charge in [0.05, 0.1) is 12.7 Å². The zero-order chi connectivity index (χ0) is 16.1. The molecule has 120 valence electrons. The van der Waals surface area contributed by atoms with Gasteiger partial charge in [0.2, 0.25) is 0 Å². The molecule has 0 heterocycles. The number of rotatable bonds is 3. The lowest BCUT2D eigenvalue weighted by Gasteiger charge is -2.29. The van der Waals surface area contributed by atoms with Crippen molar-refractivity contribution in [3.63, 3.8) is 0 Å². The lowest BCUT2D eigenvalue weighted by atomic mass is 9.86. The van der Waals surface area contributed by atoms with Crippen LogP contribution in [-0.2, 0) is 4.74 Å². The number of hydrogen-bond donors (Lipinski definition) is 2. The summed E-state index contributed by atoms with van der Waals surface area (Å²) in [5.41, 5.74) is 1.96. The summed E-state index contributed by atoms with van der Waals surface area (Å²) in [5.74, 6) is 0.0892. The fourth-order valence-corrected chi connectivity index (χ4v) is 2.86. The van der Waals surface area contributed by atoms with E-state index in [0.717, 1.165) is 24.8 Å². The van der Waals surface area contributed by atoms with Gasteiger partial charge >= 0.3 is 12.0 Å².